The Hall–Kier alpha value is -2.28. The van der Waals surface area contributed by atoms with Gasteiger partial charge in [0, 0.05) is 84.6 Å². The Bertz CT molecular complexity index is 1460. The van der Waals surface area contributed by atoms with Gasteiger partial charge in [-0.1, -0.05) is 49.7 Å². The number of halogens is 1. The van der Waals surface area contributed by atoms with Crippen LogP contribution in [0.3, 0.4) is 0 Å². The van der Waals surface area contributed by atoms with E-state index in [1.165, 1.54) is 18.2 Å². The minimum absolute atomic E-state index is 0. The summed E-state index contributed by atoms with van der Waals surface area (Å²) < 4.78 is 6.51. The summed E-state index contributed by atoms with van der Waals surface area (Å²) in [5.74, 6) is -2.05. The molecule has 41 heavy (non-hydrogen) atoms. The molecule has 0 aromatic heterocycles. The van der Waals surface area contributed by atoms with Crippen molar-refractivity contribution in [3.63, 3.8) is 0 Å². The number of nitrogens with one attached hydrogen (secondary N) is 1. The van der Waals surface area contributed by atoms with E-state index in [2.05, 4.69) is 5.32 Å². The van der Waals surface area contributed by atoms with Crippen molar-refractivity contribution in [2.24, 2.45) is 5.41 Å². The predicted molar refractivity (Wildman–Crippen MR) is 154 cm³/mol. The first kappa shape index (κ1) is 33.2. The Morgan fingerprint density at radius 2 is 1.76 bits per heavy atom. The number of aliphatic hydroxyl groups is 1. The van der Waals surface area contributed by atoms with E-state index in [1.54, 1.807) is 29.2 Å². The molecule has 1 radical (unpaired) electrons. The molecule has 10 heteroatoms. The number of aliphatic hydroxyl groups excluding tert-OH is 1. The summed E-state index contributed by atoms with van der Waals surface area (Å²) in [6.07, 6.45) is -2.18. The average Bonchev–Trinajstić information content (AvgIpc) is 3.00. The van der Waals surface area contributed by atoms with Crippen molar-refractivity contribution < 1.29 is 73.4 Å². The molecule has 0 spiro atoms. The second kappa shape index (κ2) is 13.8. The minimum atomic E-state index is -1.17. The van der Waals surface area contributed by atoms with Crippen molar-refractivity contribution in [3.05, 3.63) is 93.5 Å². The first-order chi connectivity index (χ1) is 18.9. The number of rotatable bonds is 8. The molecule has 2 atom stereocenters. The third kappa shape index (κ3) is 7.77. The van der Waals surface area contributed by atoms with E-state index in [0.29, 0.717) is 22.0 Å². The minimum Gasteiger partial charge on any atom is -0.478 e. The van der Waals surface area contributed by atoms with Crippen LogP contribution in [0.1, 0.15) is 59.0 Å². The van der Waals surface area contributed by atoms with Crippen LogP contribution in [0.4, 0.5) is 11.4 Å². The molecule has 0 unspecified atom stereocenters. The van der Waals surface area contributed by atoms with Crippen molar-refractivity contribution in [2.45, 2.75) is 46.3 Å². The van der Waals surface area contributed by atoms with Crippen molar-refractivity contribution in [1.82, 2.24) is 0 Å². The molecule has 1 aliphatic heterocycles. The summed E-state index contributed by atoms with van der Waals surface area (Å²) in [5, 5.41) is 22.5. The number of benzene rings is 3. The van der Waals surface area contributed by atoms with Gasteiger partial charge in [-0.2, -0.15) is 0 Å². The molecule has 8 nitrogen and oxygen atoms in total. The molecule has 0 saturated heterocycles. The number of hydrogen-bond donors (Lipinski definition) is 3. The third-order valence-corrected chi connectivity index (χ3v) is 7.35. The molecule has 3 N–H and O–H groups in total. The van der Waals surface area contributed by atoms with Crippen molar-refractivity contribution in [1.29, 1.82) is 0 Å². The van der Waals surface area contributed by atoms with Gasteiger partial charge >= 0.3 is 5.97 Å². The average molecular weight is 792 g/mol. The van der Waals surface area contributed by atoms with E-state index < -0.39 is 35.4 Å². The molecular formula is C31H33AcClN2O6. The number of carbonyl (C=O) groups is 3. The molecule has 0 aliphatic carbocycles. The van der Waals surface area contributed by atoms with Crippen LogP contribution in [-0.2, 0) is 14.3 Å². The fourth-order valence-corrected chi connectivity index (χ4v) is 4.94. The zero-order valence-corrected chi connectivity index (χ0v) is 29.0. The van der Waals surface area contributed by atoms with Crippen LogP contribution in [0, 0.1) is 63.3 Å². The second-order valence-electron chi connectivity index (χ2n) is 10.9. The maximum absolute atomic E-state index is 14.1. The Morgan fingerprint density at radius 1 is 1.05 bits per heavy atom. The number of ether oxygens (including phenoxy) is 1. The number of carbonyl (C=O) groups excluding carboxylic acids is 2. The summed E-state index contributed by atoms with van der Waals surface area (Å²) in [7, 11) is 0. The number of carboxylic acid groups (broad SMARTS) is 1. The molecule has 4 rings (SSSR count). The maximum atomic E-state index is 14.1. The SMILES string of the molecule is Cc1cccc([C@H]2O[C@H](CC(=O)Nc3cccc(C(=O)O)c3)C(=O)N(CC(C)(C)CO)c3ccc(Cl)cc32)c1C.[Ac]. The Morgan fingerprint density at radius 3 is 2.44 bits per heavy atom. The third-order valence-electron chi connectivity index (χ3n) is 7.11. The maximum Gasteiger partial charge on any atom is 0.335 e. The molecule has 3 aromatic rings. The number of nitrogens with zero attached hydrogens (tertiary/aromatic N) is 1. The van der Waals surface area contributed by atoms with Crippen molar-refractivity contribution >= 4 is 40.8 Å². The number of aromatic carboxylic acids is 1. The molecule has 3 aromatic carbocycles. The van der Waals surface area contributed by atoms with Gasteiger partial charge < -0.3 is 25.2 Å². The number of carboxylic acids is 1. The molecule has 1 heterocycles. The van der Waals surface area contributed by atoms with Crippen LogP contribution in [0.2, 0.25) is 5.02 Å². The van der Waals surface area contributed by atoms with Gasteiger partial charge in [-0.15, -0.1) is 0 Å². The first-order valence-electron chi connectivity index (χ1n) is 13.0. The van der Waals surface area contributed by atoms with E-state index in [0.717, 1.165) is 16.7 Å². The van der Waals surface area contributed by atoms with Crippen LogP contribution in [-0.4, -0.2) is 47.3 Å². The number of aryl methyl sites for hydroxylation is 1. The van der Waals surface area contributed by atoms with E-state index in [1.807, 2.05) is 45.9 Å². The molecule has 213 valence electrons. The van der Waals surface area contributed by atoms with E-state index in [9.17, 15) is 24.6 Å². The molecule has 0 saturated carbocycles. The molecule has 0 fully saturated rings. The van der Waals surface area contributed by atoms with Gasteiger partial charge in [0.05, 0.1) is 12.0 Å². The number of fused-ring (bicyclic) bond motifs is 1. The Balaban J connectivity index is 0.00000462. The summed E-state index contributed by atoms with van der Waals surface area (Å²) in [6, 6.07) is 17.0. The van der Waals surface area contributed by atoms with Gasteiger partial charge in [0.25, 0.3) is 5.91 Å². The summed E-state index contributed by atoms with van der Waals surface area (Å²) >= 11 is 6.44. The molecular weight excluding hydrogens is 759 g/mol. The fraction of sp³-hybridized carbons (Fsp3) is 0.323. The quantitative estimate of drug-likeness (QED) is 0.277. The second-order valence-corrected chi connectivity index (χ2v) is 11.3. The predicted octanol–water partition coefficient (Wildman–Crippen LogP) is 5.52. The van der Waals surface area contributed by atoms with Gasteiger partial charge in [0.1, 0.15) is 12.2 Å². The van der Waals surface area contributed by atoms with E-state index in [-0.39, 0.29) is 69.2 Å². The summed E-state index contributed by atoms with van der Waals surface area (Å²) in [5.41, 5.74) is 3.84. The largest absolute Gasteiger partial charge is 0.478 e. The van der Waals surface area contributed by atoms with Gasteiger partial charge in [0.15, 0.2) is 0 Å². The van der Waals surface area contributed by atoms with Crippen molar-refractivity contribution in [2.75, 3.05) is 23.4 Å². The standard InChI is InChI=1S/C31H33ClN2O6.Ac/c1-18-7-5-10-23(19(18)2)28-24-14-21(32)11-12-25(24)34(16-31(3,4)17-35)29(37)26(40-28)15-27(36)33-22-9-6-8-20(13-22)30(38)39;/h5-14,26,28,35H,15-17H2,1-4H3,(H,33,36)(H,38,39);/t26-,28-;/m1./s1. The number of anilines is 2. The monoisotopic (exact) mass is 791 g/mol. The van der Waals surface area contributed by atoms with Crippen molar-refractivity contribution in [3.8, 4) is 0 Å². The van der Waals surface area contributed by atoms with Gasteiger partial charge in [0.2, 0.25) is 5.91 Å². The smallest absolute Gasteiger partial charge is 0.335 e. The van der Waals surface area contributed by atoms with Gasteiger partial charge in [-0.3, -0.25) is 9.59 Å². The van der Waals surface area contributed by atoms with Crippen LogP contribution in [0.25, 0.3) is 0 Å². The zero-order chi connectivity index (χ0) is 29.2. The Labute approximate surface area is 280 Å². The first-order valence-corrected chi connectivity index (χ1v) is 13.3. The molecule has 1 aliphatic rings. The summed E-state index contributed by atoms with van der Waals surface area (Å²) in [4.78, 5) is 40.2. The van der Waals surface area contributed by atoms with Crippen LogP contribution in [0.5, 0.6) is 0 Å². The van der Waals surface area contributed by atoms with E-state index >= 15 is 0 Å². The van der Waals surface area contributed by atoms with Crippen LogP contribution in [0.15, 0.2) is 60.7 Å². The number of hydrogen-bond acceptors (Lipinski definition) is 5. The van der Waals surface area contributed by atoms with E-state index in [4.69, 9.17) is 16.3 Å². The topological polar surface area (TPSA) is 116 Å². The molecule has 0 bridgehead atoms. The zero-order valence-electron chi connectivity index (χ0n) is 23.5. The summed E-state index contributed by atoms with van der Waals surface area (Å²) in [6.45, 7) is 7.69. The normalized spacial score (nSPS) is 16.8. The Kier molecular flexibility index (Phi) is 11.2. The van der Waals surface area contributed by atoms with Crippen LogP contribution < -0.4 is 10.2 Å². The number of amides is 2. The van der Waals surface area contributed by atoms with Crippen LogP contribution >= 0.6 is 11.6 Å². The fourth-order valence-electron chi connectivity index (χ4n) is 4.76. The van der Waals surface area contributed by atoms with Gasteiger partial charge in [-0.05, 0) is 66.9 Å². The van der Waals surface area contributed by atoms with Gasteiger partial charge in [-0.25, -0.2) is 4.79 Å². The molecule has 2 amide bonds.